The molecule has 4 rings (SSSR count). The zero-order valence-corrected chi connectivity index (χ0v) is 20.0. The number of nitrogens with one attached hydrogen (secondary N) is 1. The van der Waals surface area contributed by atoms with E-state index < -0.39 is 17.8 Å². The molecular weight excluding hydrogens is 554 g/mol. The highest BCUT2D eigenvalue weighted by Gasteiger charge is 2.36. The molecule has 1 fully saturated rings. The van der Waals surface area contributed by atoms with Gasteiger partial charge in [0.15, 0.2) is 11.5 Å². The van der Waals surface area contributed by atoms with Gasteiger partial charge in [-0.25, -0.2) is 14.1 Å². The zero-order valence-electron chi connectivity index (χ0n) is 17.9. The molecule has 1 saturated heterocycles. The van der Waals surface area contributed by atoms with Crippen molar-refractivity contribution in [3.8, 4) is 11.5 Å². The van der Waals surface area contributed by atoms with Gasteiger partial charge in [0, 0.05) is 0 Å². The predicted molar refractivity (Wildman–Crippen MR) is 132 cm³/mol. The summed E-state index contributed by atoms with van der Waals surface area (Å²) in [4.78, 5) is 38.7. The van der Waals surface area contributed by atoms with E-state index in [-0.39, 0.29) is 18.0 Å². The Labute approximate surface area is 208 Å². The van der Waals surface area contributed by atoms with E-state index in [4.69, 9.17) is 9.47 Å². The van der Waals surface area contributed by atoms with E-state index in [1.165, 1.54) is 25.3 Å². The Hall–Kier alpha value is -3.73. The summed E-state index contributed by atoms with van der Waals surface area (Å²) in [6.45, 7) is 0.125. The second-order valence-corrected chi connectivity index (χ2v) is 8.41. The minimum absolute atomic E-state index is 0.125. The van der Waals surface area contributed by atoms with E-state index in [0.29, 0.717) is 31.9 Å². The van der Waals surface area contributed by atoms with Crippen LogP contribution in [-0.4, -0.2) is 25.0 Å². The molecule has 3 aromatic carbocycles. The van der Waals surface area contributed by atoms with Crippen LogP contribution in [0, 0.1) is 9.39 Å². The smallest absolute Gasteiger partial charge is 0.335 e. The largest absolute Gasteiger partial charge is 0.493 e. The van der Waals surface area contributed by atoms with Gasteiger partial charge < -0.3 is 9.47 Å². The van der Waals surface area contributed by atoms with Gasteiger partial charge >= 0.3 is 6.03 Å². The third-order valence-electron chi connectivity index (χ3n) is 4.95. The van der Waals surface area contributed by atoms with Crippen LogP contribution < -0.4 is 19.7 Å². The van der Waals surface area contributed by atoms with Gasteiger partial charge in [0.05, 0.1) is 16.4 Å². The highest BCUT2D eigenvalue weighted by molar-refractivity contribution is 14.1. The molecule has 0 radical (unpaired) electrons. The Kier molecular flexibility index (Phi) is 6.92. The van der Waals surface area contributed by atoms with Crippen LogP contribution in [0.1, 0.15) is 11.1 Å². The summed E-state index contributed by atoms with van der Waals surface area (Å²) in [6.07, 6.45) is 1.39. The quantitative estimate of drug-likeness (QED) is 0.264. The first-order valence-electron chi connectivity index (χ1n) is 10.1. The number of para-hydroxylation sites is 1. The molecule has 34 heavy (non-hydrogen) atoms. The summed E-state index contributed by atoms with van der Waals surface area (Å²) >= 11 is 2.05. The standard InChI is InChI=1S/C25H18FIN2O5/c1-33-21-13-16(12-20(27)22(21)34-14-15-6-5-7-17(26)10-15)11-19-23(30)28-25(32)29(24(19)31)18-8-3-2-4-9-18/h2-13H,14H2,1H3,(H,28,30,32)/b19-11+. The maximum absolute atomic E-state index is 13.4. The molecule has 1 aliphatic heterocycles. The molecule has 9 heteroatoms. The van der Waals surface area contributed by atoms with Crippen LogP contribution in [0.4, 0.5) is 14.9 Å². The van der Waals surface area contributed by atoms with Crippen molar-refractivity contribution >= 4 is 52.2 Å². The first-order valence-corrected chi connectivity index (χ1v) is 11.2. The lowest BCUT2D eigenvalue weighted by molar-refractivity contribution is -0.122. The maximum atomic E-state index is 13.4. The monoisotopic (exact) mass is 572 g/mol. The summed E-state index contributed by atoms with van der Waals surface area (Å²) in [5.74, 6) is -1.07. The van der Waals surface area contributed by atoms with Gasteiger partial charge in [-0.15, -0.1) is 0 Å². The van der Waals surface area contributed by atoms with E-state index in [1.807, 2.05) is 22.6 Å². The first-order chi connectivity index (χ1) is 16.4. The Balaban J connectivity index is 1.64. The van der Waals surface area contributed by atoms with E-state index in [9.17, 15) is 18.8 Å². The summed E-state index contributed by atoms with van der Waals surface area (Å²) in [5, 5.41) is 2.20. The van der Waals surface area contributed by atoms with Gasteiger partial charge in [0.1, 0.15) is 18.0 Å². The molecule has 0 spiro atoms. The number of barbiturate groups is 1. The lowest BCUT2D eigenvalue weighted by Gasteiger charge is -2.26. The second-order valence-electron chi connectivity index (χ2n) is 7.25. The fourth-order valence-electron chi connectivity index (χ4n) is 3.38. The average molecular weight is 572 g/mol. The molecule has 1 heterocycles. The number of ether oxygens (including phenoxy) is 2. The van der Waals surface area contributed by atoms with Gasteiger partial charge in [0.25, 0.3) is 11.8 Å². The van der Waals surface area contributed by atoms with Gasteiger partial charge in [-0.2, -0.15) is 0 Å². The van der Waals surface area contributed by atoms with Crippen molar-refractivity contribution in [2.75, 3.05) is 12.0 Å². The molecule has 0 saturated carbocycles. The minimum atomic E-state index is -0.813. The van der Waals surface area contributed by atoms with Crippen LogP contribution in [0.3, 0.4) is 0 Å². The van der Waals surface area contributed by atoms with Crippen molar-refractivity contribution in [3.05, 3.63) is 92.8 Å². The summed E-state index contributed by atoms with van der Waals surface area (Å²) in [7, 11) is 1.46. The summed E-state index contributed by atoms with van der Waals surface area (Å²) in [6, 6.07) is 16.9. The van der Waals surface area contributed by atoms with Crippen LogP contribution in [0.2, 0.25) is 0 Å². The number of methoxy groups -OCH3 is 1. The third kappa shape index (κ3) is 4.93. The Morgan fingerprint density at radius 1 is 1.03 bits per heavy atom. The van der Waals surface area contributed by atoms with Crippen LogP contribution >= 0.6 is 22.6 Å². The number of benzene rings is 3. The van der Waals surface area contributed by atoms with Crippen molar-refractivity contribution < 1.29 is 28.2 Å². The molecule has 172 valence electrons. The van der Waals surface area contributed by atoms with Crippen LogP contribution in [0.5, 0.6) is 11.5 Å². The van der Waals surface area contributed by atoms with Crippen molar-refractivity contribution in [2.45, 2.75) is 6.61 Å². The number of urea groups is 1. The van der Waals surface area contributed by atoms with Gasteiger partial charge in [-0.1, -0.05) is 30.3 Å². The zero-order chi connectivity index (χ0) is 24.2. The van der Waals surface area contributed by atoms with E-state index in [2.05, 4.69) is 5.32 Å². The number of halogens is 2. The SMILES string of the molecule is COc1cc(/C=C2\C(=O)NC(=O)N(c3ccccc3)C2=O)cc(I)c1OCc1cccc(F)c1. The number of amides is 4. The highest BCUT2D eigenvalue weighted by Crippen LogP contribution is 2.35. The lowest BCUT2D eigenvalue weighted by Crippen LogP contribution is -2.54. The van der Waals surface area contributed by atoms with Gasteiger partial charge in [-0.05, 0) is 76.2 Å². The minimum Gasteiger partial charge on any atom is -0.493 e. The summed E-state index contributed by atoms with van der Waals surface area (Å²) in [5.41, 5.74) is 1.30. The summed E-state index contributed by atoms with van der Waals surface area (Å²) < 4.78 is 25.4. The predicted octanol–water partition coefficient (Wildman–Crippen LogP) is 4.68. The number of nitrogens with zero attached hydrogens (tertiary/aromatic N) is 1. The molecule has 0 aliphatic carbocycles. The molecule has 0 atom stereocenters. The van der Waals surface area contributed by atoms with Crippen molar-refractivity contribution in [3.63, 3.8) is 0 Å². The van der Waals surface area contributed by atoms with Crippen LogP contribution in [-0.2, 0) is 16.2 Å². The lowest BCUT2D eigenvalue weighted by atomic mass is 10.1. The number of carbonyl (C=O) groups is 3. The number of hydrogen-bond donors (Lipinski definition) is 1. The number of carbonyl (C=O) groups excluding carboxylic acids is 3. The Bertz CT molecular complexity index is 1310. The van der Waals surface area contributed by atoms with Crippen molar-refractivity contribution in [2.24, 2.45) is 0 Å². The molecule has 3 aromatic rings. The van der Waals surface area contributed by atoms with E-state index in [1.54, 1.807) is 54.6 Å². The molecule has 1 aliphatic rings. The average Bonchev–Trinajstić information content (AvgIpc) is 2.81. The maximum Gasteiger partial charge on any atom is 0.335 e. The second kappa shape index (κ2) is 10.0. The fourth-order valence-corrected chi connectivity index (χ4v) is 4.16. The molecule has 7 nitrogen and oxygen atoms in total. The number of rotatable bonds is 6. The third-order valence-corrected chi connectivity index (χ3v) is 5.75. The van der Waals surface area contributed by atoms with Crippen molar-refractivity contribution in [1.29, 1.82) is 0 Å². The molecule has 0 unspecified atom stereocenters. The Morgan fingerprint density at radius 2 is 1.79 bits per heavy atom. The topological polar surface area (TPSA) is 84.9 Å². The van der Waals surface area contributed by atoms with Crippen LogP contribution in [0.15, 0.2) is 72.3 Å². The fraction of sp³-hybridized carbons (Fsp3) is 0.0800. The number of anilines is 1. The number of hydrogen-bond acceptors (Lipinski definition) is 5. The Morgan fingerprint density at radius 3 is 2.50 bits per heavy atom. The van der Waals surface area contributed by atoms with Crippen molar-refractivity contribution in [1.82, 2.24) is 5.32 Å². The molecule has 0 aromatic heterocycles. The van der Waals surface area contributed by atoms with E-state index >= 15 is 0 Å². The molecule has 4 amide bonds. The molecule has 1 N–H and O–H groups in total. The molecular formula is C25H18FIN2O5. The van der Waals surface area contributed by atoms with Gasteiger partial charge in [0.2, 0.25) is 0 Å². The highest BCUT2D eigenvalue weighted by atomic mass is 127. The van der Waals surface area contributed by atoms with Gasteiger partial charge in [-0.3, -0.25) is 14.9 Å². The normalized spacial score (nSPS) is 14.9. The van der Waals surface area contributed by atoms with Crippen LogP contribution in [0.25, 0.3) is 6.08 Å². The number of imide groups is 2. The first kappa shape index (κ1) is 23.4. The molecule has 0 bridgehead atoms. The van der Waals surface area contributed by atoms with E-state index in [0.717, 1.165) is 4.90 Å².